The van der Waals surface area contributed by atoms with Gasteiger partial charge < -0.3 is 9.88 Å². The molecule has 9 heteroatoms. The van der Waals surface area contributed by atoms with Gasteiger partial charge in [0.2, 0.25) is 11.9 Å². The molecule has 0 radical (unpaired) electrons. The van der Waals surface area contributed by atoms with Crippen LogP contribution < -0.4 is 10.6 Å². The SMILES string of the molecule is C=CC(=O)NC1CC(n2c(NC(=O)c3ccc(C(C)F)s3)nc3cc(CC(=O)C4CCCCC4)ccc32)C1. The van der Waals surface area contributed by atoms with Crippen LogP contribution in [0.15, 0.2) is 43.0 Å². The molecule has 2 aromatic heterocycles. The van der Waals surface area contributed by atoms with E-state index in [-0.39, 0.29) is 35.6 Å². The molecule has 2 saturated carbocycles. The van der Waals surface area contributed by atoms with E-state index in [1.807, 2.05) is 22.8 Å². The van der Waals surface area contributed by atoms with E-state index in [2.05, 4.69) is 17.2 Å². The summed E-state index contributed by atoms with van der Waals surface area (Å²) in [6, 6.07) is 9.17. The number of nitrogens with zero attached hydrogens (tertiary/aromatic N) is 2. The fraction of sp³-hybridized carbons (Fsp3) is 0.448. The van der Waals surface area contributed by atoms with E-state index in [9.17, 15) is 18.8 Å². The van der Waals surface area contributed by atoms with Crippen LogP contribution in [0.25, 0.3) is 11.0 Å². The van der Waals surface area contributed by atoms with Gasteiger partial charge in [-0.05, 0) is 68.5 Å². The lowest BCUT2D eigenvalue weighted by molar-refractivity contribution is -0.123. The van der Waals surface area contributed by atoms with Crippen molar-refractivity contribution in [2.24, 2.45) is 5.92 Å². The molecule has 7 nitrogen and oxygen atoms in total. The number of Topliss-reactive ketones (excluding diaryl/α,β-unsaturated/α-hetero) is 1. The molecule has 38 heavy (non-hydrogen) atoms. The maximum absolute atomic E-state index is 13.7. The predicted octanol–water partition coefficient (Wildman–Crippen LogP) is 6.08. The number of carbonyl (C=O) groups is 3. The van der Waals surface area contributed by atoms with Gasteiger partial charge >= 0.3 is 0 Å². The van der Waals surface area contributed by atoms with Crippen LogP contribution in [0.1, 0.15) is 84.2 Å². The number of nitrogens with one attached hydrogen (secondary N) is 2. The van der Waals surface area contributed by atoms with Crippen molar-refractivity contribution in [2.75, 3.05) is 5.32 Å². The zero-order valence-electron chi connectivity index (χ0n) is 21.5. The number of anilines is 1. The van der Waals surface area contributed by atoms with Crippen molar-refractivity contribution in [1.29, 1.82) is 0 Å². The molecule has 5 rings (SSSR count). The molecule has 1 aromatic carbocycles. The number of hydrogen-bond donors (Lipinski definition) is 2. The van der Waals surface area contributed by atoms with Gasteiger partial charge in [0, 0.05) is 29.3 Å². The number of carbonyl (C=O) groups excluding carboxylic acids is 3. The molecular weight excluding hydrogens is 503 g/mol. The Labute approximate surface area is 225 Å². The first-order chi connectivity index (χ1) is 18.3. The molecule has 0 bridgehead atoms. The number of halogens is 1. The van der Waals surface area contributed by atoms with Crippen molar-refractivity contribution in [2.45, 2.75) is 76.5 Å². The maximum Gasteiger partial charge on any atom is 0.268 e. The minimum atomic E-state index is -1.14. The highest BCUT2D eigenvalue weighted by Gasteiger charge is 2.34. The molecule has 0 aliphatic heterocycles. The molecule has 2 aliphatic rings. The second-order valence-corrected chi connectivity index (χ2v) is 11.5. The summed E-state index contributed by atoms with van der Waals surface area (Å²) in [5.41, 5.74) is 2.48. The number of imidazole rings is 1. The van der Waals surface area contributed by atoms with Gasteiger partial charge in [0.15, 0.2) is 0 Å². The number of aromatic nitrogens is 2. The normalized spacial score (nSPS) is 20.5. The summed E-state index contributed by atoms with van der Waals surface area (Å²) in [6.45, 7) is 4.95. The highest BCUT2D eigenvalue weighted by atomic mass is 32.1. The Kier molecular flexibility index (Phi) is 7.74. The lowest BCUT2D eigenvalue weighted by Crippen LogP contribution is -2.44. The minimum Gasteiger partial charge on any atom is -0.350 e. The summed E-state index contributed by atoms with van der Waals surface area (Å²) >= 11 is 1.12. The van der Waals surface area contributed by atoms with E-state index in [1.54, 1.807) is 12.1 Å². The second-order valence-electron chi connectivity index (χ2n) is 10.4. The molecule has 2 fully saturated rings. The maximum atomic E-state index is 13.7. The molecule has 2 N–H and O–H groups in total. The first-order valence-corrected chi connectivity index (χ1v) is 14.2. The molecule has 200 valence electrons. The van der Waals surface area contributed by atoms with Crippen LogP contribution in [-0.4, -0.2) is 33.2 Å². The topological polar surface area (TPSA) is 93.1 Å². The summed E-state index contributed by atoms with van der Waals surface area (Å²) in [5, 5.41) is 5.84. The van der Waals surface area contributed by atoms with Crippen molar-refractivity contribution < 1.29 is 18.8 Å². The Morgan fingerprint density at radius 1 is 1.18 bits per heavy atom. The van der Waals surface area contributed by atoms with Gasteiger partial charge in [-0.3, -0.25) is 19.7 Å². The Balaban J connectivity index is 1.40. The van der Waals surface area contributed by atoms with E-state index >= 15 is 0 Å². The number of rotatable bonds is 9. The van der Waals surface area contributed by atoms with Crippen LogP contribution in [-0.2, 0) is 16.0 Å². The van der Waals surface area contributed by atoms with E-state index in [4.69, 9.17) is 4.98 Å². The van der Waals surface area contributed by atoms with E-state index in [0.717, 1.165) is 48.1 Å². The van der Waals surface area contributed by atoms with Crippen LogP contribution in [0.3, 0.4) is 0 Å². The molecular formula is C29H33FN4O3S. The summed E-state index contributed by atoms with van der Waals surface area (Å²) in [6.07, 6.45) is 7.29. The molecule has 1 unspecified atom stereocenters. The quantitative estimate of drug-likeness (QED) is 0.324. The van der Waals surface area contributed by atoms with E-state index in [1.165, 1.54) is 19.4 Å². The first-order valence-electron chi connectivity index (χ1n) is 13.3. The molecule has 1 atom stereocenters. The lowest BCUT2D eigenvalue weighted by Gasteiger charge is -2.37. The van der Waals surface area contributed by atoms with Gasteiger partial charge in [-0.15, -0.1) is 11.3 Å². The van der Waals surface area contributed by atoms with Crippen molar-refractivity contribution in [3.8, 4) is 0 Å². The van der Waals surface area contributed by atoms with E-state index in [0.29, 0.717) is 40.5 Å². The number of hydrogen-bond acceptors (Lipinski definition) is 5. The van der Waals surface area contributed by atoms with Crippen LogP contribution in [0.4, 0.5) is 10.3 Å². The summed E-state index contributed by atoms with van der Waals surface area (Å²) in [7, 11) is 0. The number of alkyl halides is 1. The van der Waals surface area contributed by atoms with E-state index < -0.39 is 6.17 Å². The molecule has 0 spiro atoms. The smallest absolute Gasteiger partial charge is 0.268 e. The third kappa shape index (κ3) is 5.57. The average molecular weight is 537 g/mol. The largest absolute Gasteiger partial charge is 0.350 e. The summed E-state index contributed by atoms with van der Waals surface area (Å²) < 4.78 is 15.7. The zero-order valence-corrected chi connectivity index (χ0v) is 22.4. The predicted molar refractivity (Wildman–Crippen MR) is 147 cm³/mol. The van der Waals surface area contributed by atoms with Gasteiger partial charge in [0.1, 0.15) is 12.0 Å². The fourth-order valence-electron chi connectivity index (χ4n) is 5.51. The minimum absolute atomic E-state index is 0.0183. The van der Waals surface area contributed by atoms with Crippen LogP contribution in [0.2, 0.25) is 0 Å². The van der Waals surface area contributed by atoms with Crippen molar-refractivity contribution >= 4 is 45.9 Å². The Morgan fingerprint density at radius 2 is 1.95 bits per heavy atom. The standard InChI is InChI=1S/C29H33FN4O3S/c1-3-27(36)31-20-15-21(16-20)34-23-10-9-18(14-24(35)19-7-5-4-6-8-19)13-22(23)32-29(34)33-28(37)26-12-11-25(38-26)17(2)30/h3,9-13,17,19-21H,1,4-8,14-16H2,2H3,(H,31,36)(H,32,33,37). The van der Waals surface area contributed by atoms with Crippen molar-refractivity contribution in [3.05, 3.63) is 58.3 Å². The number of benzene rings is 1. The number of thiophene rings is 1. The van der Waals surface area contributed by atoms with Crippen LogP contribution in [0.5, 0.6) is 0 Å². The molecule has 3 aromatic rings. The number of ketones is 1. The monoisotopic (exact) mass is 536 g/mol. The van der Waals surface area contributed by atoms with Crippen LogP contribution >= 0.6 is 11.3 Å². The first kappa shape index (κ1) is 26.3. The molecule has 2 heterocycles. The number of amides is 2. The molecule has 2 amide bonds. The van der Waals surface area contributed by atoms with Crippen LogP contribution in [0, 0.1) is 5.92 Å². The van der Waals surface area contributed by atoms with Gasteiger partial charge in [-0.25, -0.2) is 9.37 Å². The Hall–Kier alpha value is -3.33. The van der Waals surface area contributed by atoms with Crippen molar-refractivity contribution in [3.63, 3.8) is 0 Å². The third-order valence-corrected chi connectivity index (χ3v) is 8.91. The Morgan fingerprint density at radius 3 is 2.63 bits per heavy atom. The van der Waals surface area contributed by atoms with Gasteiger partial charge in [0.25, 0.3) is 5.91 Å². The van der Waals surface area contributed by atoms with Crippen molar-refractivity contribution in [1.82, 2.24) is 14.9 Å². The zero-order chi connectivity index (χ0) is 26.8. The lowest BCUT2D eigenvalue weighted by atomic mass is 9.84. The highest BCUT2D eigenvalue weighted by Crippen LogP contribution is 2.38. The third-order valence-electron chi connectivity index (χ3n) is 7.67. The molecule has 0 saturated heterocycles. The summed E-state index contributed by atoms with van der Waals surface area (Å²) in [4.78, 5) is 43.3. The van der Waals surface area contributed by atoms with Gasteiger partial charge in [-0.1, -0.05) is 31.9 Å². The molecule has 2 aliphatic carbocycles. The number of fused-ring (bicyclic) bond motifs is 1. The fourth-order valence-corrected chi connectivity index (χ4v) is 6.34. The van der Waals surface area contributed by atoms with Gasteiger partial charge in [0.05, 0.1) is 15.9 Å². The average Bonchev–Trinajstić information content (AvgIpc) is 3.51. The summed E-state index contributed by atoms with van der Waals surface area (Å²) in [5.74, 6) is 0.282. The van der Waals surface area contributed by atoms with Gasteiger partial charge in [-0.2, -0.15) is 0 Å². The Bertz CT molecular complexity index is 1370. The second kappa shape index (κ2) is 11.2. The highest BCUT2D eigenvalue weighted by molar-refractivity contribution is 7.14.